The van der Waals surface area contributed by atoms with Crippen LogP contribution >= 0.6 is 0 Å². The minimum absolute atomic E-state index is 0.240. The fraction of sp³-hybridized carbons (Fsp3) is 0.333. The molecular weight excluding hydrogens is 216 g/mol. The van der Waals surface area contributed by atoms with Crippen molar-refractivity contribution in [2.24, 2.45) is 0 Å². The van der Waals surface area contributed by atoms with Crippen LogP contribution in [0.4, 0.5) is 0 Å². The molecule has 0 saturated carbocycles. The first-order chi connectivity index (χ1) is 8.58. The lowest BCUT2D eigenvalue weighted by molar-refractivity contribution is 0.480. The molecule has 0 aliphatic rings. The summed E-state index contributed by atoms with van der Waals surface area (Å²) >= 11 is 0. The minimum Gasteiger partial charge on any atom is -0.0622 e. The summed E-state index contributed by atoms with van der Waals surface area (Å²) in [5, 5.41) is 0. The second-order valence-corrected chi connectivity index (χ2v) is 5.74. The van der Waals surface area contributed by atoms with Crippen molar-refractivity contribution in [3.05, 3.63) is 71.3 Å². The maximum Gasteiger partial charge on any atom is -0.0100 e. The third kappa shape index (κ3) is 3.22. The van der Waals surface area contributed by atoms with Crippen LogP contribution in [-0.2, 0) is 11.8 Å². The van der Waals surface area contributed by atoms with Crippen molar-refractivity contribution in [3.8, 4) is 0 Å². The van der Waals surface area contributed by atoms with Crippen molar-refractivity contribution < 1.29 is 0 Å². The van der Waals surface area contributed by atoms with Crippen LogP contribution in [0, 0.1) is 6.92 Å². The molecule has 2 aromatic rings. The molecule has 94 valence electrons. The Morgan fingerprint density at radius 1 is 0.833 bits per heavy atom. The molecule has 0 unspecified atom stereocenters. The first-order valence-electron chi connectivity index (χ1n) is 6.69. The van der Waals surface area contributed by atoms with Gasteiger partial charge in [0, 0.05) is 0 Å². The van der Waals surface area contributed by atoms with Crippen LogP contribution in [0.3, 0.4) is 0 Å². The van der Waals surface area contributed by atoms with Gasteiger partial charge in [0.2, 0.25) is 0 Å². The van der Waals surface area contributed by atoms with Crippen molar-refractivity contribution in [2.75, 3.05) is 0 Å². The van der Waals surface area contributed by atoms with E-state index in [1.165, 1.54) is 23.1 Å². The van der Waals surface area contributed by atoms with Crippen molar-refractivity contribution in [1.82, 2.24) is 0 Å². The lowest BCUT2D eigenvalue weighted by Gasteiger charge is -2.25. The molecule has 0 aromatic heterocycles. The molecule has 2 aromatic carbocycles. The Kier molecular flexibility index (Phi) is 3.86. The fourth-order valence-electron chi connectivity index (χ4n) is 2.25. The number of aryl methyl sites for hydroxylation is 2. The van der Waals surface area contributed by atoms with E-state index >= 15 is 0 Å². The Hall–Kier alpha value is -1.56. The maximum absolute atomic E-state index is 2.33. The van der Waals surface area contributed by atoms with Gasteiger partial charge in [0.15, 0.2) is 0 Å². The van der Waals surface area contributed by atoms with Crippen LogP contribution in [0.15, 0.2) is 54.6 Å². The molecule has 0 aliphatic carbocycles. The molecule has 0 heterocycles. The third-order valence-corrected chi connectivity index (χ3v) is 3.71. The topological polar surface area (TPSA) is 0 Å². The van der Waals surface area contributed by atoms with Crippen molar-refractivity contribution in [2.45, 2.75) is 39.0 Å². The third-order valence-electron chi connectivity index (χ3n) is 3.71. The molecule has 0 aliphatic heterocycles. The molecule has 0 fully saturated rings. The van der Waals surface area contributed by atoms with Crippen LogP contribution in [-0.4, -0.2) is 0 Å². The Bertz CT molecular complexity index is 477. The largest absolute Gasteiger partial charge is 0.0622 e. The highest BCUT2D eigenvalue weighted by Crippen LogP contribution is 2.28. The second-order valence-electron chi connectivity index (χ2n) is 5.74. The number of rotatable bonds is 4. The van der Waals surface area contributed by atoms with E-state index in [1.807, 2.05) is 0 Å². The predicted molar refractivity (Wildman–Crippen MR) is 79.0 cm³/mol. The van der Waals surface area contributed by atoms with Crippen molar-refractivity contribution >= 4 is 0 Å². The zero-order valence-electron chi connectivity index (χ0n) is 11.6. The predicted octanol–water partition coefficient (Wildman–Crippen LogP) is 4.91. The van der Waals surface area contributed by atoms with E-state index in [0.29, 0.717) is 0 Å². The van der Waals surface area contributed by atoms with Crippen LogP contribution < -0.4 is 0 Å². The average Bonchev–Trinajstić information content (AvgIpc) is 2.38. The SMILES string of the molecule is Cc1ccc(C(C)(C)CCc2ccccc2)cc1. The van der Waals surface area contributed by atoms with Crippen LogP contribution in [0.25, 0.3) is 0 Å². The molecule has 18 heavy (non-hydrogen) atoms. The molecule has 0 saturated heterocycles. The Labute approximate surface area is 111 Å². The smallest absolute Gasteiger partial charge is 0.0100 e. The van der Waals surface area contributed by atoms with Gasteiger partial charge in [-0.15, -0.1) is 0 Å². The van der Waals surface area contributed by atoms with E-state index in [1.54, 1.807) is 0 Å². The van der Waals surface area contributed by atoms with E-state index < -0.39 is 0 Å². The highest BCUT2D eigenvalue weighted by Gasteiger charge is 2.19. The minimum atomic E-state index is 0.240. The highest BCUT2D eigenvalue weighted by atomic mass is 14.2. The summed E-state index contributed by atoms with van der Waals surface area (Å²) in [4.78, 5) is 0. The van der Waals surface area contributed by atoms with Gasteiger partial charge in [-0.05, 0) is 36.3 Å². The Balaban J connectivity index is 2.05. The highest BCUT2D eigenvalue weighted by molar-refractivity contribution is 5.28. The molecule has 0 heteroatoms. The van der Waals surface area contributed by atoms with Gasteiger partial charge in [-0.3, -0.25) is 0 Å². The van der Waals surface area contributed by atoms with Crippen molar-refractivity contribution in [3.63, 3.8) is 0 Å². The van der Waals surface area contributed by atoms with Crippen LogP contribution in [0.2, 0.25) is 0 Å². The quantitative estimate of drug-likeness (QED) is 0.710. The zero-order chi connectivity index (χ0) is 13.0. The van der Waals surface area contributed by atoms with E-state index in [2.05, 4.69) is 75.4 Å². The summed E-state index contributed by atoms with van der Waals surface area (Å²) in [6, 6.07) is 19.7. The normalized spacial score (nSPS) is 11.5. The second kappa shape index (κ2) is 5.39. The summed E-state index contributed by atoms with van der Waals surface area (Å²) in [7, 11) is 0. The van der Waals surface area contributed by atoms with Gasteiger partial charge in [-0.25, -0.2) is 0 Å². The molecule has 0 bridgehead atoms. The monoisotopic (exact) mass is 238 g/mol. The van der Waals surface area contributed by atoms with Gasteiger partial charge in [-0.1, -0.05) is 74.0 Å². The number of hydrogen-bond donors (Lipinski definition) is 0. The van der Waals surface area contributed by atoms with Gasteiger partial charge < -0.3 is 0 Å². The van der Waals surface area contributed by atoms with Crippen molar-refractivity contribution in [1.29, 1.82) is 0 Å². The van der Waals surface area contributed by atoms with Crippen LogP contribution in [0.1, 0.15) is 37.0 Å². The zero-order valence-corrected chi connectivity index (χ0v) is 11.6. The molecule has 0 amide bonds. The first-order valence-corrected chi connectivity index (χ1v) is 6.69. The Morgan fingerprint density at radius 3 is 2.06 bits per heavy atom. The summed E-state index contributed by atoms with van der Waals surface area (Å²) in [5.41, 5.74) is 4.43. The molecular formula is C18H22. The van der Waals surface area contributed by atoms with E-state index in [9.17, 15) is 0 Å². The summed E-state index contributed by atoms with van der Waals surface area (Å²) in [6.07, 6.45) is 2.32. The Morgan fingerprint density at radius 2 is 1.44 bits per heavy atom. The van der Waals surface area contributed by atoms with Gasteiger partial charge >= 0.3 is 0 Å². The van der Waals surface area contributed by atoms with Gasteiger partial charge in [-0.2, -0.15) is 0 Å². The van der Waals surface area contributed by atoms with E-state index in [-0.39, 0.29) is 5.41 Å². The van der Waals surface area contributed by atoms with Gasteiger partial charge in [0.25, 0.3) is 0 Å². The lowest BCUT2D eigenvalue weighted by Crippen LogP contribution is -2.18. The lowest BCUT2D eigenvalue weighted by atomic mass is 9.79. The molecule has 0 nitrogen and oxygen atoms in total. The molecule has 0 N–H and O–H groups in total. The van der Waals surface area contributed by atoms with Crippen LogP contribution in [0.5, 0.6) is 0 Å². The first kappa shape index (κ1) is 12.9. The molecule has 0 spiro atoms. The van der Waals surface area contributed by atoms with Gasteiger partial charge in [0.1, 0.15) is 0 Å². The summed E-state index contributed by atoms with van der Waals surface area (Å²) in [6.45, 7) is 6.81. The van der Waals surface area contributed by atoms with Gasteiger partial charge in [0.05, 0.1) is 0 Å². The summed E-state index contributed by atoms with van der Waals surface area (Å²) in [5.74, 6) is 0. The number of hydrogen-bond acceptors (Lipinski definition) is 0. The molecule has 2 rings (SSSR count). The molecule has 0 radical (unpaired) electrons. The molecule has 0 atom stereocenters. The average molecular weight is 238 g/mol. The van der Waals surface area contributed by atoms with E-state index in [4.69, 9.17) is 0 Å². The van der Waals surface area contributed by atoms with E-state index in [0.717, 1.165) is 6.42 Å². The standard InChI is InChI=1S/C18H22/c1-15-9-11-17(12-10-15)18(2,3)14-13-16-7-5-4-6-8-16/h4-12H,13-14H2,1-3H3. The maximum atomic E-state index is 2.33. The fourth-order valence-corrected chi connectivity index (χ4v) is 2.25. The summed E-state index contributed by atoms with van der Waals surface area (Å²) < 4.78 is 0. The number of benzene rings is 2.